The topological polar surface area (TPSA) is 25.8 Å². The van der Waals surface area contributed by atoms with Gasteiger partial charge in [-0.1, -0.05) is 6.92 Å². The van der Waals surface area contributed by atoms with Crippen LogP contribution in [-0.4, -0.2) is 10.2 Å². The average molecular weight is 227 g/mol. The SMILES string of the molecule is CCc1cnnc(Br)c1C1CC1. The number of hydrogen-bond donors (Lipinski definition) is 0. The van der Waals surface area contributed by atoms with Gasteiger partial charge in [0.2, 0.25) is 0 Å². The molecule has 64 valence electrons. The molecule has 1 heterocycles. The first-order valence-electron chi connectivity index (χ1n) is 4.33. The minimum Gasteiger partial charge on any atom is -0.158 e. The van der Waals surface area contributed by atoms with Gasteiger partial charge in [-0.05, 0) is 52.2 Å². The highest BCUT2D eigenvalue weighted by Gasteiger charge is 2.28. The highest BCUT2D eigenvalue weighted by molar-refractivity contribution is 9.10. The fourth-order valence-electron chi connectivity index (χ4n) is 1.49. The molecule has 0 saturated heterocycles. The second-order valence-electron chi connectivity index (χ2n) is 3.20. The van der Waals surface area contributed by atoms with E-state index < -0.39 is 0 Å². The van der Waals surface area contributed by atoms with Gasteiger partial charge in [-0.25, -0.2) is 0 Å². The molecule has 0 unspecified atom stereocenters. The summed E-state index contributed by atoms with van der Waals surface area (Å²) >= 11 is 3.45. The fourth-order valence-corrected chi connectivity index (χ4v) is 2.16. The molecule has 0 atom stereocenters. The van der Waals surface area contributed by atoms with Crippen LogP contribution in [0.2, 0.25) is 0 Å². The Balaban J connectivity index is 2.45. The zero-order valence-corrected chi connectivity index (χ0v) is 8.63. The summed E-state index contributed by atoms with van der Waals surface area (Å²) in [5.74, 6) is 0.754. The van der Waals surface area contributed by atoms with Gasteiger partial charge in [-0.3, -0.25) is 0 Å². The van der Waals surface area contributed by atoms with Crippen molar-refractivity contribution in [1.82, 2.24) is 10.2 Å². The van der Waals surface area contributed by atoms with E-state index in [4.69, 9.17) is 0 Å². The molecule has 1 saturated carbocycles. The molecule has 2 nitrogen and oxygen atoms in total. The molecular weight excluding hydrogens is 216 g/mol. The third kappa shape index (κ3) is 1.38. The van der Waals surface area contributed by atoms with Crippen LogP contribution in [0.15, 0.2) is 10.8 Å². The summed E-state index contributed by atoms with van der Waals surface area (Å²) in [5.41, 5.74) is 2.74. The molecular formula is C9H11BrN2. The molecule has 3 heteroatoms. The Kier molecular flexibility index (Phi) is 2.13. The van der Waals surface area contributed by atoms with Crippen molar-refractivity contribution < 1.29 is 0 Å². The largest absolute Gasteiger partial charge is 0.158 e. The van der Waals surface area contributed by atoms with E-state index >= 15 is 0 Å². The minimum absolute atomic E-state index is 0.754. The Hall–Kier alpha value is -0.440. The lowest BCUT2D eigenvalue weighted by atomic mass is 10.1. The fraction of sp³-hybridized carbons (Fsp3) is 0.556. The Bertz CT molecular complexity index is 295. The summed E-state index contributed by atoms with van der Waals surface area (Å²) in [6.07, 6.45) is 5.58. The molecule has 1 aliphatic carbocycles. The smallest absolute Gasteiger partial charge is 0.132 e. The van der Waals surface area contributed by atoms with E-state index in [9.17, 15) is 0 Å². The number of aryl methyl sites for hydroxylation is 1. The number of halogens is 1. The zero-order valence-electron chi connectivity index (χ0n) is 7.05. The van der Waals surface area contributed by atoms with Crippen LogP contribution < -0.4 is 0 Å². The van der Waals surface area contributed by atoms with Crippen molar-refractivity contribution in [2.75, 3.05) is 0 Å². The summed E-state index contributed by atoms with van der Waals surface area (Å²) in [7, 11) is 0. The first kappa shape index (κ1) is 8.17. The van der Waals surface area contributed by atoms with E-state index in [2.05, 4.69) is 33.1 Å². The van der Waals surface area contributed by atoms with Crippen molar-refractivity contribution in [1.29, 1.82) is 0 Å². The van der Waals surface area contributed by atoms with Gasteiger partial charge in [-0.15, -0.1) is 5.10 Å². The highest BCUT2D eigenvalue weighted by Crippen LogP contribution is 2.44. The summed E-state index contributed by atoms with van der Waals surface area (Å²) in [4.78, 5) is 0. The van der Waals surface area contributed by atoms with Gasteiger partial charge in [-0.2, -0.15) is 5.10 Å². The number of nitrogens with zero attached hydrogens (tertiary/aromatic N) is 2. The number of aromatic nitrogens is 2. The maximum absolute atomic E-state index is 4.02. The normalized spacial score (nSPS) is 16.5. The molecule has 2 rings (SSSR count). The summed E-state index contributed by atoms with van der Waals surface area (Å²) in [5, 5.41) is 7.94. The van der Waals surface area contributed by atoms with Gasteiger partial charge in [0, 0.05) is 0 Å². The van der Waals surface area contributed by atoms with Crippen LogP contribution in [-0.2, 0) is 6.42 Å². The molecule has 0 aliphatic heterocycles. The lowest BCUT2D eigenvalue weighted by Crippen LogP contribution is -1.96. The zero-order chi connectivity index (χ0) is 8.55. The second kappa shape index (κ2) is 3.13. The summed E-state index contributed by atoms with van der Waals surface area (Å²) in [6.45, 7) is 2.16. The van der Waals surface area contributed by atoms with E-state index in [1.165, 1.54) is 24.0 Å². The molecule has 1 aromatic rings. The van der Waals surface area contributed by atoms with Crippen molar-refractivity contribution in [3.8, 4) is 0 Å². The predicted octanol–water partition coefficient (Wildman–Crippen LogP) is 2.68. The van der Waals surface area contributed by atoms with E-state index in [1.807, 2.05) is 6.20 Å². The molecule has 1 fully saturated rings. The van der Waals surface area contributed by atoms with Gasteiger partial charge in [0.1, 0.15) is 4.60 Å². The molecule has 0 bridgehead atoms. The van der Waals surface area contributed by atoms with Crippen molar-refractivity contribution in [2.45, 2.75) is 32.1 Å². The quantitative estimate of drug-likeness (QED) is 0.776. The standard InChI is InChI=1S/C9H11BrN2/c1-2-6-5-11-12-9(10)8(6)7-3-4-7/h5,7H,2-4H2,1H3. The molecule has 1 aliphatic rings. The first-order chi connectivity index (χ1) is 5.83. The van der Waals surface area contributed by atoms with Crippen molar-refractivity contribution >= 4 is 15.9 Å². The third-order valence-electron chi connectivity index (χ3n) is 2.29. The molecule has 0 spiro atoms. The minimum atomic E-state index is 0.754. The van der Waals surface area contributed by atoms with Crippen LogP contribution in [0.1, 0.15) is 36.8 Å². The molecule has 0 amide bonds. The van der Waals surface area contributed by atoms with Crippen molar-refractivity contribution in [3.63, 3.8) is 0 Å². The van der Waals surface area contributed by atoms with E-state index in [1.54, 1.807) is 0 Å². The first-order valence-corrected chi connectivity index (χ1v) is 5.12. The van der Waals surface area contributed by atoms with Gasteiger partial charge < -0.3 is 0 Å². The molecule has 0 radical (unpaired) electrons. The molecule has 0 N–H and O–H groups in total. The van der Waals surface area contributed by atoms with Crippen LogP contribution in [0.25, 0.3) is 0 Å². The van der Waals surface area contributed by atoms with E-state index in [0.29, 0.717) is 0 Å². The Morgan fingerprint density at radius 3 is 2.92 bits per heavy atom. The van der Waals surface area contributed by atoms with Crippen LogP contribution in [0, 0.1) is 0 Å². The second-order valence-corrected chi connectivity index (χ2v) is 3.95. The molecule has 12 heavy (non-hydrogen) atoms. The van der Waals surface area contributed by atoms with E-state index in [0.717, 1.165) is 16.9 Å². The number of rotatable bonds is 2. The predicted molar refractivity (Wildman–Crippen MR) is 51.1 cm³/mol. The summed E-state index contributed by atoms with van der Waals surface area (Å²) < 4.78 is 0.948. The van der Waals surface area contributed by atoms with Crippen molar-refractivity contribution in [3.05, 3.63) is 21.9 Å². The van der Waals surface area contributed by atoms with Gasteiger partial charge >= 0.3 is 0 Å². The average Bonchev–Trinajstić information content (AvgIpc) is 2.87. The van der Waals surface area contributed by atoms with Crippen molar-refractivity contribution in [2.24, 2.45) is 0 Å². The Labute approximate surface area is 80.5 Å². The lowest BCUT2D eigenvalue weighted by molar-refractivity contribution is 0.901. The Morgan fingerprint density at radius 1 is 1.58 bits per heavy atom. The monoisotopic (exact) mass is 226 g/mol. The highest BCUT2D eigenvalue weighted by atomic mass is 79.9. The third-order valence-corrected chi connectivity index (χ3v) is 2.88. The Morgan fingerprint density at radius 2 is 2.33 bits per heavy atom. The van der Waals surface area contributed by atoms with Crippen LogP contribution in [0.3, 0.4) is 0 Å². The van der Waals surface area contributed by atoms with Gasteiger partial charge in [0.05, 0.1) is 6.20 Å². The van der Waals surface area contributed by atoms with E-state index in [-0.39, 0.29) is 0 Å². The maximum Gasteiger partial charge on any atom is 0.132 e. The van der Waals surface area contributed by atoms with Gasteiger partial charge in [0.15, 0.2) is 0 Å². The van der Waals surface area contributed by atoms with Crippen LogP contribution >= 0.6 is 15.9 Å². The van der Waals surface area contributed by atoms with Crippen LogP contribution in [0.5, 0.6) is 0 Å². The number of hydrogen-bond acceptors (Lipinski definition) is 2. The molecule has 0 aromatic carbocycles. The van der Waals surface area contributed by atoms with Gasteiger partial charge in [0.25, 0.3) is 0 Å². The van der Waals surface area contributed by atoms with Crippen LogP contribution in [0.4, 0.5) is 0 Å². The maximum atomic E-state index is 4.02. The molecule has 1 aromatic heterocycles. The summed E-state index contributed by atoms with van der Waals surface area (Å²) in [6, 6.07) is 0. The lowest BCUT2D eigenvalue weighted by Gasteiger charge is -2.05.